The molecule has 4 heterocycles. The molecule has 0 aliphatic carbocycles. The zero-order valence-corrected chi connectivity index (χ0v) is 26.5. The van der Waals surface area contributed by atoms with Crippen molar-refractivity contribution in [3.05, 3.63) is 36.0 Å². The molecule has 0 saturated carbocycles. The normalized spacial score (nSPS) is 34.0. The number of piperazine rings is 1. The fourth-order valence-corrected chi connectivity index (χ4v) is 6.15. The average molecular weight is 602 g/mol. The monoisotopic (exact) mass is 601 g/mol. The van der Waals surface area contributed by atoms with Gasteiger partial charge in [0.25, 0.3) is 0 Å². The van der Waals surface area contributed by atoms with Crippen LogP contribution in [0.4, 0.5) is 0 Å². The summed E-state index contributed by atoms with van der Waals surface area (Å²) in [4.78, 5) is 38.2. The molecule has 0 aromatic carbocycles. The van der Waals surface area contributed by atoms with Gasteiger partial charge in [-0.2, -0.15) is 0 Å². The molecule has 43 heavy (non-hydrogen) atoms. The van der Waals surface area contributed by atoms with Crippen LogP contribution >= 0.6 is 0 Å². The van der Waals surface area contributed by atoms with E-state index in [2.05, 4.69) is 42.7 Å². The SMILES string of the molecule is CC(=O)OC[C@@H](C)/C=C\C(=O)N[C@@H]1C[C@H](C)[C@H](C/C=C(C)/C=C/[C@@H]2C[C@]3(CO3)C[C@@H](CC(=O)N3CCNCC3)O2)O[C@@H]1C. The lowest BCUT2D eigenvalue weighted by molar-refractivity contribution is -0.141. The lowest BCUT2D eigenvalue weighted by atomic mass is 9.88. The predicted octanol–water partition coefficient (Wildman–Crippen LogP) is 3.07. The highest BCUT2D eigenvalue weighted by Gasteiger charge is 2.51. The molecular formula is C33H51N3O7. The number of carbonyl (C=O) groups is 3. The van der Waals surface area contributed by atoms with E-state index in [-0.39, 0.29) is 72.3 Å². The van der Waals surface area contributed by atoms with Gasteiger partial charge in [0.05, 0.1) is 55.7 Å². The van der Waals surface area contributed by atoms with E-state index in [0.29, 0.717) is 6.42 Å². The first kappa shape index (κ1) is 33.4. The minimum atomic E-state index is -0.327. The molecule has 1 spiro atoms. The summed E-state index contributed by atoms with van der Waals surface area (Å²) >= 11 is 0. The molecule has 0 bridgehead atoms. The van der Waals surface area contributed by atoms with Gasteiger partial charge in [-0.05, 0) is 38.7 Å². The molecule has 4 rings (SSSR count). The van der Waals surface area contributed by atoms with Crippen LogP contribution in [0.2, 0.25) is 0 Å². The first-order valence-corrected chi connectivity index (χ1v) is 15.9. The number of nitrogens with zero attached hydrogens (tertiary/aromatic N) is 1. The number of nitrogens with one attached hydrogen (secondary N) is 2. The van der Waals surface area contributed by atoms with E-state index in [1.54, 1.807) is 6.08 Å². The van der Waals surface area contributed by atoms with Crippen molar-refractivity contribution in [1.29, 1.82) is 0 Å². The highest BCUT2D eigenvalue weighted by atomic mass is 16.6. The number of allylic oxidation sites excluding steroid dienone is 2. The average Bonchev–Trinajstić information content (AvgIpc) is 3.72. The molecule has 4 fully saturated rings. The Morgan fingerprint density at radius 2 is 1.86 bits per heavy atom. The number of hydrogen-bond acceptors (Lipinski definition) is 8. The summed E-state index contributed by atoms with van der Waals surface area (Å²) in [5.41, 5.74) is 1.00. The molecule has 4 aliphatic heterocycles. The van der Waals surface area contributed by atoms with Crippen molar-refractivity contribution < 1.29 is 33.3 Å². The Labute approximate surface area is 256 Å². The van der Waals surface area contributed by atoms with Gasteiger partial charge in [0, 0.05) is 51.9 Å². The van der Waals surface area contributed by atoms with Gasteiger partial charge >= 0.3 is 5.97 Å². The third kappa shape index (κ3) is 10.6. The van der Waals surface area contributed by atoms with Crippen LogP contribution in [-0.4, -0.2) is 98.1 Å². The Hall–Kier alpha value is -2.53. The lowest BCUT2D eigenvalue weighted by Crippen LogP contribution is -2.50. The number of ether oxygens (including phenoxy) is 4. The van der Waals surface area contributed by atoms with E-state index in [1.807, 2.05) is 18.7 Å². The Morgan fingerprint density at radius 1 is 1.12 bits per heavy atom. The second-order valence-corrected chi connectivity index (χ2v) is 12.9. The molecule has 4 saturated heterocycles. The van der Waals surface area contributed by atoms with E-state index in [4.69, 9.17) is 18.9 Å². The molecule has 2 N–H and O–H groups in total. The number of rotatable bonds is 11. The van der Waals surface area contributed by atoms with Gasteiger partial charge in [-0.15, -0.1) is 0 Å². The molecular weight excluding hydrogens is 550 g/mol. The Kier molecular flexibility index (Phi) is 12.0. The van der Waals surface area contributed by atoms with Crippen molar-refractivity contribution in [3.63, 3.8) is 0 Å². The van der Waals surface area contributed by atoms with Crippen molar-refractivity contribution in [3.8, 4) is 0 Å². The van der Waals surface area contributed by atoms with Crippen LogP contribution in [0.3, 0.4) is 0 Å². The number of amides is 2. The maximum Gasteiger partial charge on any atom is 0.302 e. The van der Waals surface area contributed by atoms with Gasteiger partial charge < -0.3 is 34.5 Å². The highest BCUT2D eigenvalue weighted by molar-refractivity contribution is 5.87. The molecule has 0 aromatic rings. The predicted molar refractivity (Wildman–Crippen MR) is 163 cm³/mol. The number of hydrogen-bond donors (Lipinski definition) is 2. The van der Waals surface area contributed by atoms with Gasteiger partial charge in [-0.1, -0.05) is 43.7 Å². The summed E-state index contributed by atoms with van der Waals surface area (Å²) in [6, 6.07) is -0.0658. The standard InChI is InChI=1S/C33H51N3O7/c1-22(6-9-27-18-33(21-41-33)19-28(43-27)17-32(39)36-14-12-34-13-15-36)7-10-30-24(3)16-29(25(4)42-30)35-31(38)11-8-23(2)20-40-26(5)37/h6-9,11,23-25,27-30,34H,10,12-21H2,1-5H3,(H,35,38)/b9-6+,11-8-,22-7+/t23-,24-,25+,27+,28+,29+,30-,33+/m0/s1. The topological polar surface area (TPSA) is 119 Å². The molecule has 10 heteroatoms. The van der Waals surface area contributed by atoms with Gasteiger partial charge in [0.1, 0.15) is 0 Å². The van der Waals surface area contributed by atoms with E-state index in [1.165, 1.54) is 13.0 Å². The van der Waals surface area contributed by atoms with Crippen molar-refractivity contribution in [2.24, 2.45) is 11.8 Å². The lowest BCUT2D eigenvalue weighted by Gasteiger charge is -2.39. The summed E-state index contributed by atoms with van der Waals surface area (Å²) in [7, 11) is 0. The van der Waals surface area contributed by atoms with Crippen LogP contribution < -0.4 is 10.6 Å². The summed E-state index contributed by atoms with van der Waals surface area (Å²) in [5.74, 6) is -0.0818. The summed E-state index contributed by atoms with van der Waals surface area (Å²) in [6.07, 6.45) is 13.1. The molecule has 0 unspecified atom stereocenters. The van der Waals surface area contributed by atoms with Crippen LogP contribution in [0.1, 0.15) is 66.7 Å². The van der Waals surface area contributed by atoms with Crippen LogP contribution in [0.5, 0.6) is 0 Å². The smallest absolute Gasteiger partial charge is 0.302 e. The van der Waals surface area contributed by atoms with Crippen LogP contribution in [0.15, 0.2) is 36.0 Å². The molecule has 0 aromatic heterocycles. The third-order valence-electron chi connectivity index (χ3n) is 8.88. The van der Waals surface area contributed by atoms with Gasteiger partial charge in [-0.25, -0.2) is 0 Å². The highest BCUT2D eigenvalue weighted by Crippen LogP contribution is 2.43. The van der Waals surface area contributed by atoms with E-state index >= 15 is 0 Å². The minimum absolute atomic E-state index is 0.0390. The first-order chi connectivity index (χ1) is 20.5. The van der Waals surface area contributed by atoms with Gasteiger partial charge in [0.2, 0.25) is 11.8 Å². The summed E-state index contributed by atoms with van der Waals surface area (Å²) in [5, 5.41) is 6.36. The maximum atomic E-state index is 12.8. The Morgan fingerprint density at radius 3 is 2.56 bits per heavy atom. The van der Waals surface area contributed by atoms with Gasteiger partial charge in [0.15, 0.2) is 0 Å². The van der Waals surface area contributed by atoms with Crippen LogP contribution in [0.25, 0.3) is 0 Å². The van der Waals surface area contributed by atoms with Crippen LogP contribution in [0, 0.1) is 11.8 Å². The molecule has 240 valence electrons. The Balaban J connectivity index is 1.22. The molecule has 4 aliphatic rings. The van der Waals surface area contributed by atoms with E-state index < -0.39 is 0 Å². The second-order valence-electron chi connectivity index (χ2n) is 12.9. The zero-order chi connectivity index (χ0) is 31.0. The molecule has 10 nitrogen and oxygen atoms in total. The van der Waals surface area contributed by atoms with Crippen molar-refractivity contribution in [2.45, 2.75) is 103 Å². The number of carbonyl (C=O) groups excluding carboxylic acids is 3. The first-order valence-electron chi connectivity index (χ1n) is 15.9. The van der Waals surface area contributed by atoms with Crippen molar-refractivity contribution in [2.75, 3.05) is 39.4 Å². The molecule has 8 atom stereocenters. The fraction of sp³-hybridized carbons (Fsp3) is 0.727. The quantitative estimate of drug-likeness (QED) is 0.161. The summed E-state index contributed by atoms with van der Waals surface area (Å²) in [6.45, 7) is 13.7. The molecule has 2 amide bonds. The van der Waals surface area contributed by atoms with Gasteiger partial charge in [-0.3, -0.25) is 14.4 Å². The minimum Gasteiger partial charge on any atom is -0.465 e. The van der Waals surface area contributed by atoms with Crippen molar-refractivity contribution >= 4 is 17.8 Å². The number of epoxide rings is 1. The van der Waals surface area contributed by atoms with E-state index in [9.17, 15) is 14.4 Å². The fourth-order valence-electron chi connectivity index (χ4n) is 6.15. The largest absolute Gasteiger partial charge is 0.465 e. The third-order valence-corrected chi connectivity index (χ3v) is 8.88. The summed E-state index contributed by atoms with van der Waals surface area (Å²) < 4.78 is 23.5. The zero-order valence-electron chi connectivity index (χ0n) is 26.5. The van der Waals surface area contributed by atoms with Crippen molar-refractivity contribution in [1.82, 2.24) is 15.5 Å². The van der Waals surface area contributed by atoms with E-state index in [0.717, 1.165) is 64.0 Å². The Bertz CT molecular complexity index is 1060. The van der Waals surface area contributed by atoms with Crippen LogP contribution in [-0.2, 0) is 33.3 Å². The number of esters is 1. The molecule has 0 radical (unpaired) electrons. The second kappa shape index (κ2) is 15.5. The maximum absolute atomic E-state index is 12.8.